The summed E-state index contributed by atoms with van der Waals surface area (Å²) in [5.41, 5.74) is 8.31. The van der Waals surface area contributed by atoms with Gasteiger partial charge in [-0.2, -0.15) is 5.48 Å². The summed E-state index contributed by atoms with van der Waals surface area (Å²) in [7, 11) is 1.62. The molecule has 0 radical (unpaired) electrons. The number of ether oxygens (including phenoxy) is 1. The summed E-state index contributed by atoms with van der Waals surface area (Å²) >= 11 is 1.40. The molecule has 0 spiro atoms. The Morgan fingerprint density at radius 1 is 1.21 bits per heavy atom. The number of H-pyrrole nitrogens is 1. The first-order valence-electron chi connectivity index (χ1n) is 10.9. The highest BCUT2D eigenvalue weighted by molar-refractivity contribution is 7.17. The first-order chi connectivity index (χ1) is 16.6. The summed E-state index contributed by atoms with van der Waals surface area (Å²) in [5, 5.41) is 13.0. The van der Waals surface area contributed by atoms with Gasteiger partial charge in [0.05, 0.1) is 41.5 Å². The van der Waals surface area contributed by atoms with Crippen molar-refractivity contribution in [2.75, 3.05) is 13.7 Å². The van der Waals surface area contributed by atoms with Gasteiger partial charge in [0.25, 0.3) is 5.56 Å². The van der Waals surface area contributed by atoms with Crippen LogP contribution in [0.1, 0.15) is 16.7 Å². The first kappa shape index (κ1) is 20.9. The summed E-state index contributed by atoms with van der Waals surface area (Å²) < 4.78 is 7.58. The summed E-state index contributed by atoms with van der Waals surface area (Å²) in [6.45, 7) is 1.55. The molecule has 172 valence electrons. The van der Waals surface area contributed by atoms with Crippen molar-refractivity contribution in [3.63, 3.8) is 0 Å². The molecule has 0 saturated heterocycles. The lowest BCUT2D eigenvalue weighted by molar-refractivity contribution is 0.0444. The Labute approximate surface area is 198 Å². The fraction of sp³-hybridized carbons (Fsp3) is 0.200. The number of hydrogen-bond donors (Lipinski definition) is 3. The van der Waals surface area contributed by atoms with Crippen molar-refractivity contribution in [1.82, 2.24) is 20.0 Å². The number of benzene rings is 2. The zero-order valence-electron chi connectivity index (χ0n) is 18.4. The fourth-order valence-electron chi connectivity index (χ4n) is 4.46. The monoisotopic (exact) mass is 474 g/mol. The number of hydrogen-bond acceptors (Lipinski definition) is 7. The molecule has 4 heterocycles. The highest BCUT2D eigenvalue weighted by atomic mass is 32.1. The fourth-order valence-corrected chi connectivity index (χ4v) is 5.30. The topological polar surface area (TPSA) is 101 Å². The molecule has 0 amide bonds. The lowest BCUT2D eigenvalue weighted by Crippen LogP contribution is -2.23. The van der Waals surface area contributed by atoms with Gasteiger partial charge in [0.1, 0.15) is 17.1 Å². The number of pyridine rings is 1. The van der Waals surface area contributed by atoms with Crippen LogP contribution >= 0.6 is 11.3 Å². The Kier molecular flexibility index (Phi) is 5.09. The number of nitrogens with one attached hydrogen (secondary N) is 2. The summed E-state index contributed by atoms with van der Waals surface area (Å²) in [6, 6.07) is 13.5. The Hall–Kier alpha value is -3.66. The van der Waals surface area contributed by atoms with Gasteiger partial charge >= 0.3 is 0 Å². The molecule has 3 N–H and O–H groups in total. The summed E-state index contributed by atoms with van der Waals surface area (Å²) in [6.07, 6.45) is 0.785. The van der Waals surface area contributed by atoms with Gasteiger partial charge in [-0.25, -0.2) is 4.98 Å². The van der Waals surface area contributed by atoms with Gasteiger partial charge < -0.3 is 24.2 Å². The molecule has 3 aromatic heterocycles. The molecule has 0 atom stereocenters. The molecular formula is C25H22N4O4S. The van der Waals surface area contributed by atoms with Crippen molar-refractivity contribution in [1.29, 1.82) is 0 Å². The molecule has 6 rings (SSSR count). The molecule has 0 aliphatic carbocycles. The van der Waals surface area contributed by atoms with Gasteiger partial charge in [0.15, 0.2) is 5.75 Å². The van der Waals surface area contributed by atoms with Crippen LogP contribution in [0.3, 0.4) is 0 Å². The maximum absolute atomic E-state index is 13.7. The normalized spacial score (nSPS) is 13.8. The van der Waals surface area contributed by atoms with E-state index in [0.29, 0.717) is 35.7 Å². The van der Waals surface area contributed by atoms with Crippen LogP contribution in [0, 0.1) is 0 Å². The molecule has 5 aromatic rings. The quantitative estimate of drug-likeness (QED) is 0.365. The molecule has 0 fully saturated rings. The molecule has 1 aliphatic heterocycles. The Balaban J connectivity index is 1.50. The zero-order chi connectivity index (χ0) is 23.2. The largest absolute Gasteiger partial charge is 0.505 e. The van der Waals surface area contributed by atoms with Gasteiger partial charge in [-0.05, 0) is 58.8 Å². The van der Waals surface area contributed by atoms with Crippen LogP contribution in [0.4, 0.5) is 0 Å². The van der Waals surface area contributed by atoms with E-state index in [1.807, 2.05) is 47.8 Å². The average Bonchev–Trinajstić information content (AvgIpc) is 3.43. The van der Waals surface area contributed by atoms with E-state index in [0.717, 1.165) is 34.3 Å². The van der Waals surface area contributed by atoms with E-state index < -0.39 is 0 Å². The minimum Gasteiger partial charge on any atom is -0.505 e. The van der Waals surface area contributed by atoms with Crippen LogP contribution in [0.25, 0.3) is 32.6 Å². The molecule has 0 saturated carbocycles. The van der Waals surface area contributed by atoms with Gasteiger partial charge in [0, 0.05) is 6.54 Å². The van der Waals surface area contributed by atoms with Crippen LogP contribution in [-0.4, -0.2) is 33.4 Å². The van der Waals surface area contributed by atoms with Crippen LogP contribution < -0.4 is 15.8 Å². The standard InChI is InChI=1S/C25H22N4O4S/c1-32-17-4-2-14(3-5-17)13-29-20-7-9-34-23(20)22(30)21(25(29)31)24-27-18-10-15-6-8-33-26-12-16(15)11-19(18)28-24/h2-5,7,9-11,26,30H,6,8,12-13H2,1H3,(H,27,28). The van der Waals surface area contributed by atoms with E-state index >= 15 is 0 Å². The predicted octanol–water partition coefficient (Wildman–Crippen LogP) is 3.95. The van der Waals surface area contributed by atoms with E-state index in [-0.39, 0.29) is 16.9 Å². The summed E-state index contributed by atoms with van der Waals surface area (Å²) in [4.78, 5) is 27.0. The number of methoxy groups -OCH3 is 1. The SMILES string of the molecule is COc1ccc(Cn2c(=O)c(-c3nc4cc5c(cc4[nH]3)CCONC5)c(O)c3sccc32)cc1. The number of nitrogens with zero attached hydrogens (tertiary/aromatic N) is 2. The van der Waals surface area contributed by atoms with Crippen molar-refractivity contribution in [3.05, 3.63) is 74.9 Å². The van der Waals surface area contributed by atoms with Crippen LogP contribution in [0.5, 0.6) is 11.5 Å². The molecule has 2 aromatic carbocycles. The number of imidazole rings is 1. The molecule has 9 heteroatoms. The van der Waals surface area contributed by atoms with Crippen molar-refractivity contribution in [2.45, 2.75) is 19.5 Å². The van der Waals surface area contributed by atoms with Gasteiger partial charge in [-0.3, -0.25) is 4.79 Å². The van der Waals surface area contributed by atoms with E-state index in [4.69, 9.17) is 14.6 Å². The van der Waals surface area contributed by atoms with Crippen molar-refractivity contribution in [2.24, 2.45) is 0 Å². The number of rotatable bonds is 4. The molecular weight excluding hydrogens is 452 g/mol. The number of aromatic amines is 1. The van der Waals surface area contributed by atoms with Crippen molar-refractivity contribution < 1.29 is 14.7 Å². The predicted molar refractivity (Wildman–Crippen MR) is 131 cm³/mol. The highest BCUT2D eigenvalue weighted by Crippen LogP contribution is 2.36. The third kappa shape index (κ3) is 3.45. The second-order valence-electron chi connectivity index (χ2n) is 8.24. The van der Waals surface area contributed by atoms with Crippen molar-refractivity contribution in [3.8, 4) is 22.9 Å². The Bertz CT molecular complexity index is 1540. The molecule has 1 aliphatic rings. The molecule has 34 heavy (non-hydrogen) atoms. The van der Waals surface area contributed by atoms with E-state index in [9.17, 15) is 9.90 Å². The highest BCUT2D eigenvalue weighted by Gasteiger charge is 2.22. The second kappa shape index (κ2) is 8.28. The van der Waals surface area contributed by atoms with Crippen LogP contribution in [0.2, 0.25) is 0 Å². The maximum Gasteiger partial charge on any atom is 0.266 e. The lowest BCUT2D eigenvalue weighted by Gasteiger charge is -2.12. The second-order valence-corrected chi connectivity index (χ2v) is 9.16. The molecule has 0 bridgehead atoms. The number of fused-ring (bicyclic) bond motifs is 3. The van der Waals surface area contributed by atoms with E-state index in [1.165, 1.54) is 16.9 Å². The first-order valence-corrected chi connectivity index (χ1v) is 11.8. The van der Waals surface area contributed by atoms with Gasteiger partial charge in [-0.1, -0.05) is 12.1 Å². The number of aromatic nitrogens is 3. The smallest absolute Gasteiger partial charge is 0.266 e. The average molecular weight is 475 g/mol. The van der Waals surface area contributed by atoms with E-state index in [1.54, 1.807) is 11.7 Å². The van der Waals surface area contributed by atoms with Crippen LogP contribution in [0.15, 0.2) is 52.6 Å². The minimum absolute atomic E-state index is 0.0448. The van der Waals surface area contributed by atoms with Gasteiger partial charge in [0.2, 0.25) is 0 Å². The van der Waals surface area contributed by atoms with E-state index in [2.05, 4.69) is 10.5 Å². The van der Waals surface area contributed by atoms with Crippen molar-refractivity contribution >= 4 is 32.6 Å². The number of hydroxylamine groups is 1. The van der Waals surface area contributed by atoms with Crippen LogP contribution in [-0.2, 0) is 24.3 Å². The molecule has 8 nitrogen and oxygen atoms in total. The third-order valence-corrected chi connectivity index (χ3v) is 7.13. The zero-order valence-corrected chi connectivity index (χ0v) is 19.2. The maximum atomic E-state index is 13.7. The Morgan fingerprint density at radius 2 is 2.06 bits per heavy atom. The third-order valence-electron chi connectivity index (χ3n) is 6.22. The lowest BCUT2D eigenvalue weighted by atomic mass is 10.0. The minimum atomic E-state index is -0.296. The number of thiophene rings is 1. The summed E-state index contributed by atoms with van der Waals surface area (Å²) in [5.74, 6) is 1.07. The number of aromatic hydroxyl groups is 1. The molecule has 0 unspecified atom stereocenters. The van der Waals surface area contributed by atoms with Gasteiger partial charge in [-0.15, -0.1) is 11.3 Å². The Morgan fingerprint density at radius 3 is 2.88 bits per heavy atom.